The molecule has 11 heteroatoms. The van der Waals surface area contributed by atoms with Gasteiger partial charge in [0.15, 0.2) is 11.5 Å². The summed E-state index contributed by atoms with van der Waals surface area (Å²) in [4.78, 5) is 38.9. The summed E-state index contributed by atoms with van der Waals surface area (Å²) < 4.78 is 13.1. The van der Waals surface area contributed by atoms with Crippen molar-refractivity contribution in [3.63, 3.8) is 0 Å². The van der Waals surface area contributed by atoms with Crippen LogP contribution in [0.1, 0.15) is 25.8 Å². The molecule has 0 saturated carbocycles. The van der Waals surface area contributed by atoms with Crippen LogP contribution in [-0.2, 0) is 9.59 Å². The molecule has 180 valence electrons. The van der Waals surface area contributed by atoms with E-state index in [1.54, 1.807) is 30.3 Å². The van der Waals surface area contributed by atoms with E-state index in [4.69, 9.17) is 21.1 Å². The Labute approximate surface area is 228 Å². The Morgan fingerprint density at radius 2 is 2.00 bits per heavy atom. The van der Waals surface area contributed by atoms with Crippen LogP contribution >= 0.6 is 61.9 Å². The van der Waals surface area contributed by atoms with Crippen LogP contribution in [0.3, 0.4) is 0 Å². The molecule has 0 radical (unpaired) electrons. The van der Waals surface area contributed by atoms with Gasteiger partial charge in [0.25, 0.3) is 11.1 Å². The van der Waals surface area contributed by atoms with Crippen LogP contribution < -0.4 is 14.8 Å². The van der Waals surface area contributed by atoms with Crippen LogP contribution in [0.25, 0.3) is 6.08 Å². The summed E-state index contributed by atoms with van der Waals surface area (Å²) >= 11 is 12.3. The topological polar surface area (TPSA) is 84.9 Å². The van der Waals surface area contributed by atoms with Crippen molar-refractivity contribution in [2.24, 2.45) is 0 Å². The Morgan fingerprint density at radius 1 is 1.24 bits per heavy atom. The van der Waals surface area contributed by atoms with Crippen molar-refractivity contribution in [1.82, 2.24) is 4.90 Å². The van der Waals surface area contributed by atoms with E-state index in [2.05, 4.69) is 43.8 Å². The van der Waals surface area contributed by atoms with E-state index >= 15 is 0 Å². The highest BCUT2D eigenvalue weighted by Gasteiger charge is 2.36. The van der Waals surface area contributed by atoms with Crippen molar-refractivity contribution < 1.29 is 23.9 Å². The van der Waals surface area contributed by atoms with E-state index in [0.29, 0.717) is 45.5 Å². The van der Waals surface area contributed by atoms with Crippen LogP contribution in [0.15, 0.2) is 39.7 Å². The lowest BCUT2D eigenvalue weighted by Gasteiger charge is -2.14. The highest BCUT2D eigenvalue weighted by molar-refractivity contribution is 14.1. The average molecular weight is 680 g/mol. The number of ether oxygens (including phenoxy) is 2. The molecule has 0 aromatic heterocycles. The number of carbonyl (C=O) groups excluding carboxylic acids is 3. The molecule has 3 amide bonds. The average Bonchev–Trinajstić information content (AvgIpc) is 3.03. The minimum atomic E-state index is -0.529. The standard InChI is InChI=1S/C23H21BrClIN2O5S/c1-3-7-33-21-17(26)8-13(9-18(21)32-4-2)10-19-22(30)28(23(31)34-19)12-20(29)27-14-5-6-15(24)16(25)11-14/h5-6,8-11H,3-4,7,12H2,1-2H3,(H,27,29)/b19-10-. The highest BCUT2D eigenvalue weighted by atomic mass is 127. The van der Waals surface area contributed by atoms with Crippen LogP contribution in [-0.4, -0.2) is 41.7 Å². The maximum absolute atomic E-state index is 12.9. The molecule has 1 fully saturated rings. The van der Waals surface area contributed by atoms with E-state index in [1.165, 1.54) is 0 Å². The second-order valence-electron chi connectivity index (χ2n) is 7.06. The predicted octanol–water partition coefficient (Wildman–Crippen LogP) is 6.57. The van der Waals surface area contributed by atoms with Gasteiger partial charge in [-0.05, 0) is 106 Å². The zero-order valence-electron chi connectivity index (χ0n) is 18.3. The van der Waals surface area contributed by atoms with Gasteiger partial charge < -0.3 is 14.8 Å². The minimum absolute atomic E-state index is 0.227. The number of hydrogen-bond acceptors (Lipinski definition) is 6. The maximum atomic E-state index is 12.9. The molecule has 0 spiro atoms. The minimum Gasteiger partial charge on any atom is -0.490 e. The van der Waals surface area contributed by atoms with Crippen molar-refractivity contribution in [3.05, 3.63) is 53.9 Å². The molecule has 1 heterocycles. The third kappa shape index (κ3) is 6.67. The Kier molecular flexibility index (Phi) is 9.69. The lowest BCUT2D eigenvalue weighted by molar-refractivity contribution is -0.127. The molecule has 0 unspecified atom stereocenters. The Balaban J connectivity index is 1.76. The van der Waals surface area contributed by atoms with E-state index < -0.39 is 23.6 Å². The molecular weight excluding hydrogens is 659 g/mol. The molecule has 1 saturated heterocycles. The van der Waals surface area contributed by atoms with Gasteiger partial charge in [-0.25, -0.2) is 0 Å². The van der Waals surface area contributed by atoms with E-state index in [1.807, 2.05) is 19.9 Å². The monoisotopic (exact) mass is 678 g/mol. The van der Waals surface area contributed by atoms with Crippen LogP contribution in [0.4, 0.5) is 10.5 Å². The Morgan fingerprint density at radius 3 is 2.68 bits per heavy atom. The van der Waals surface area contributed by atoms with Crippen molar-refractivity contribution in [2.75, 3.05) is 25.1 Å². The third-order valence-corrected chi connectivity index (χ3v) is 7.40. The van der Waals surface area contributed by atoms with Crippen molar-refractivity contribution in [1.29, 1.82) is 0 Å². The van der Waals surface area contributed by atoms with Gasteiger partial charge in [0.2, 0.25) is 5.91 Å². The van der Waals surface area contributed by atoms with Gasteiger partial charge in [-0.3, -0.25) is 19.3 Å². The molecule has 0 bridgehead atoms. The van der Waals surface area contributed by atoms with Gasteiger partial charge in [-0.1, -0.05) is 18.5 Å². The van der Waals surface area contributed by atoms with Gasteiger partial charge in [-0.2, -0.15) is 0 Å². The van der Waals surface area contributed by atoms with Crippen molar-refractivity contribution in [3.8, 4) is 11.5 Å². The first kappa shape index (κ1) is 26.8. The zero-order chi connectivity index (χ0) is 24.8. The van der Waals surface area contributed by atoms with E-state index in [-0.39, 0.29) is 4.91 Å². The number of hydrogen-bond donors (Lipinski definition) is 1. The number of nitrogens with zero attached hydrogens (tertiary/aromatic N) is 1. The van der Waals surface area contributed by atoms with Crippen LogP contribution in [0.5, 0.6) is 11.5 Å². The van der Waals surface area contributed by atoms with E-state index in [9.17, 15) is 14.4 Å². The smallest absolute Gasteiger partial charge is 0.294 e. The van der Waals surface area contributed by atoms with Gasteiger partial charge in [-0.15, -0.1) is 0 Å². The summed E-state index contributed by atoms with van der Waals surface area (Å²) in [6, 6.07) is 8.55. The zero-order valence-corrected chi connectivity index (χ0v) is 23.6. The molecule has 7 nitrogen and oxygen atoms in total. The fourth-order valence-corrected chi connectivity index (χ4v) is 5.03. The molecule has 34 heavy (non-hydrogen) atoms. The molecule has 2 aromatic carbocycles. The lowest BCUT2D eigenvalue weighted by atomic mass is 10.2. The van der Waals surface area contributed by atoms with Gasteiger partial charge in [0.05, 0.1) is 26.7 Å². The summed E-state index contributed by atoms with van der Waals surface area (Å²) in [7, 11) is 0. The number of anilines is 1. The van der Waals surface area contributed by atoms with Gasteiger partial charge >= 0.3 is 0 Å². The van der Waals surface area contributed by atoms with E-state index in [0.717, 1.165) is 26.7 Å². The predicted molar refractivity (Wildman–Crippen MR) is 147 cm³/mol. The first-order valence-corrected chi connectivity index (χ1v) is 13.4. The van der Waals surface area contributed by atoms with Crippen molar-refractivity contribution >= 4 is 90.7 Å². The number of amides is 3. The van der Waals surface area contributed by atoms with Crippen molar-refractivity contribution in [2.45, 2.75) is 20.3 Å². The largest absolute Gasteiger partial charge is 0.490 e. The van der Waals surface area contributed by atoms with Gasteiger partial charge in [0.1, 0.15) is 6.54 Å². The molecule has 0 aliphatic carbocycles. The maximum Gasteiger partial charge on any atom is 0.294 e. The molecule has 2 aromatic rings. The molecule has 1 N–H and O–H groups in total. The number of nitrogens with one attached hydrogen (secondary N) is 1. The molecule has 1 aliphatic heterocycles. The number of rotatable bonds is 9. The highest BCUT2D eigenvalue weighted by Crippen LogP contribution is 2.37. The number of thioether (sulfide) groups is 1. The lowest BCUT2D eigenvalue weighted by Crippen LogP contribution is -2.36. The summed E-state index contributed by atoms with van der Waals surface area (Å²) in [6.45, 7) is 4.51. The number of carbonyl (C=O) groups is 3. The Bertz CT molecular complexity index is 1160. The molecule has 3 rings (SSSR count). The van der Waals surface area contributed by atoms with Crippen LogP contribution in [0.2, 0.25) is 5.02 Å². The normalized spacial score (nSPS) is 14.6. The van der Waals surface area contributed by atoms with Gasteiger partial charge in [0, 0.05) is 10.2 Å². The molecular formula is C23H21BrClIN2O5S. The summed E-state index contributed by atoms with van der Waals surface area (Å²) in [5, 5.41) is 2.56. The third-order valence-electron chi connectivity index (χ3n) is 4.46. The number of benzene rings is 2. The quantitative estimate of drug-likeness (QED) is 0.239. The molecule has 0 atom stereocenters. The summed E-state index contributed by atoms with van der Waals surface area (Å²) in [5.74, 6) is 0.186. The Hall–Kier alpha value is -1.76. The second kappa shape index (κ2) is 12.3. The van der Waals surface area contributed by atoms with Crippen LogP contribution in [0, 0.1) is 3.57 Å². The second-order valence-corrected chi connectivity index (χ2v) is 10.5. The summed E-state index contributed by atoms with van der Waals surface area (Å²) in [5.41, 5.74) is 1.15. The first-order valence-electron chi connectivity index (χ1n) is 10.3. The number of imide groups is 1. The number of halogens is 3. The first-order chi connectivity index (χ1) is 16.2. The summed E-state index contributed by atoms with van der Waals surface area (Å²) in [6.07, 6.45) is 2.48. The molecule has 1 aliphatic rings. The fourth-order valence-electron chi connectivity index (χ4n) is 2.98. The SMILES string of the molecule is CCCOc1c(I)cc(/C=C2\SC(=O)N(CC(=O)Nc3ccc(Br)c(Cl)c3)C2=O)cc1OCC. The fraction of sp³-hybridized carbons (Fsp3) is 0.261.